The number of ether oxygens (including phenoxy) is 1. The van der Waals surface area contributed by atoms with E-state index in [4.69, 9.17) is 16.3 Å². The van der Waals surface area contributed by atoms with Gasteiger partial charge in [-0.3, -0.25) is 0 Å². The number of benzene rings is 1. The number of hydrogen-bond donors (Lipinski definition) is 0. The van der Waals surface area contributed by atoms with Crippen LogP contribution in [0.25, 0.3) is 0 Å². The molecule has 2 aromatic rings. The molecule has 0 saturated heterocycles. The van der Waals surface area contributed by atoms with Crippen molar-refractivity contribution in [3.05, 3.63) is 64.7 Å². The first-order valence-corrected chi connectivity index (χ1v) is 5.56. The van der Waals surface area contributed by atoms with Crippen molar-refractivity contribution in [3.63, 3.8) is 0 Å². The number of esters is 1. The summed E-state index contributed by atoms with van der Waals surface area (Å²) in [4.78, 5) is 15.0. The smallest absolute Gasteiger partial charge is 0.338 e. The molecular weight excluding hydrogens is 257 g/mol. The summed E-state index contributed by atoms with van der Waals surface area (Å²) in [6.45, 7) is 0.0866. The molecule has 0 fully saturated rings. The van der Waals surface area contributed by atoms with E-state index in [2.05, 4.69) is 4.98 Å². The van der Waals surface area contributed by atoms with Gasteiger partial charge in [-0.2, -0.15) is 4.39 Å². The van der Waals surface area contributed by atoms with Crippen LogP contribution >= 0.6 is 11.6 Å². The summed E-state index contributed by atoms with van der Waals surface area (Å²) in [5.41, 5.74) is 0.898. The minimum absolute atomic E-state index is 0.0866. The molecule has 3 nitrogen and oxygen atoms in total. The largest absolute Gasteiger partial charge is 0.457 e. The number of rotatable bonds is 3. The third kappa shape index (κ3) is 3.28. The van der Waals surface area contributed by atoms with Gasteiger partial charge in [0.1, 0.15) is 6.61 Å². The number of hydrogen-bond acceptors (Lipinski definition) is 3. The van der Waals surface area contributed by atoms with E-state index >= 15 is 0 Å². The molecule has 92 valence electrons. The summed E-state index contributed by atoms with van der Waals surface area (Å²) in [5.74, 6) is -1.32. The van der Waals surface area contributed by atoms with Crippen LogP contribution < -0.4 is 0 Å². The lowest BCUT2D eigenvalue weighted by atomic mass is 10.2. The Bertz CT molecular complexity index is 574. The molecule has 0 amide bonds. The van der Waals surface area contributed by atoms with Gasteiger partial charge in [0.25, 0.3) is 0 Å². The van der Waals surface area contributed by atoms with Gasteiger partial charge in [-0.25, -0.2) is 9.78 Å². The number of carbonyl (C=O) groups excluding carboxylic acids is 1. The molecule has 0 bridgehead atoms. The molecule has 0 saturated carbocycles. The Morgan fingerprint density at radius 1 is 1.33 bits per heavy atom. The van der Waals surface area contributed by atoms with E-state index in [0.717, 1.165) is 11.6 Å². The zero-order chi connectivity index (χ0) is 13.0. The van der Waals surface area contributed by atoms with E-state index < -0.39 is 11.9 Å². The van der Waals surface area contributed by atoms with Crippen molar-refractivity contribution in [2.45, 2.75) is 6.61 Å². The molecular formula is C13H9ClFNO2. The number of nitrogens with zero attached hydrogens (tertiary/aromatic N) is 1. The molecule has 1 aromatic heterocycles. The van der Waals surface area contributed by atoms with Crippen LogP contribution in [0.4, 0.5) is 4.39 Å². The molecule has 0 N–H and O–H groups in total. The maximum absolute atomic E-state index is 12.8. The highest BCUT2D eigenvalue weighted by molar-refractivity contribution is 6.30. The van der Waals surface area contributed by atoms with Crippen molar-refractivity contribution in [1.29, 1.82) is 0 Å². The first kappa shape index (κ1) is 12.5. The normalized spacial score (nSPS) is 10.1. The van der Waals surface area contributed by atoms with Gasteiger partial charge in [-0.1, -0.05) is 23.7 Å². The Balaban J connectivity index is 2.00. The quantitative estimate of drug-likeness (QED) is 0.632. The third-order valence-corrected chi connectivity index (χ3v) is 2.46. The maximum Gasteiger partial charge on any atom is 0.338 e. The van der Waals surface area contributed by atoms with Crippen molar-refractivity contribution < 1.29 is 13.9 Å². The van der Waals surface area contributed by atoms with Gasteiger partial charge in [0.15, 0.2) is 0 Å². The molecule has 0 aliphatic heterocycles. The average Bonchev–Trinajstić information content (AvgIpc) is 2.36. The van der Waals surface area contributed by atoms with Crippen LogP contribution in [0.15, 0.2) is 42.6 Å². The lowest BCUT2D eigenvalue weighted by Gasteiger charge is -2.05. The van der Waals surface area contributed by atoms with E-state index in [0.29, 0.717) is 5.02 Å². The van der Waals surface area contributed by atoms with Gasteiger partial charge >= 0.3 is 5.97 Å². The van der Waals surface area contributed by atoms with Crippen molar-refractivity contribution in [2.24, 2.45) is 0 Å². The fourth-order valence-corrected chi connectivity index (χ4v) is 1.60. The number of carbonyl (C=O) groups is 1. The van der Waals surface area contributed by atoms with E-state index in [1.165, 1.54) is 12.3 Å². The average molecular weight is 266 g/mol. The minimum Gasteiger partial charge on any atom is -0.457 e. The second kappa shape index (κ2) is 5.60. The molecule has 1 aromatic carbocycles. The molecule has 0 spiro atoms. The van der Waals surface area contributed by atoms with Gasteiger partial charge in [-0.15, -0.1) is 0 Å². The lowest BCUT2D eigenvalue weighted by Crippen LogP contribution is -2.06. The first-order valence-electron chi connectivity index (χ1n) is 5.18. The molecule has 2 rings (SSSR count). The molecule has 1 heterocycles. The summed E-state index contributed by atoms with van der Waals surface area (Å²) >= 11 is 5.80. The summed E-state index contributed by atoms with van der Waals surface area (Å²) in [6.07, 6.45) is 1.21. The molecule has 18 heavy (non-hydrogen) atoms. The van der Waals surface area contributed by atoms with Gasteiger partial charge in [-0.05, 0) is 23.8 Å². The Morgan fingerprint density at radius 3 is 2.89 bits per heavy atom. The van der Waals surface area contributed by atoms with Gasteiger partial charge in [0.05, 0.1) is 5.56 Å². The van der Waals surface area contributed by atoms with E-state index in [9.17, 15) is 9.18 Å². The topological polar surface area (TPSA) is 39.2 Å². The predicted octanol–water partition coefficient (Wildman–Crippen LogP) is 3.23. The zero-order valence-corrected chi connectivity index (χ0v) is 10.0. The Labute approximate surface area is 108 Å². The molecule has 0 aliphatic carbocycles. The van der Waals surface area contributed by atoms with Crippen molar-refractivity contribution in [2.75, 3.05) is 0 Å². The molecule has 0 unspecified atom stereocenters. The summed E-state index contributed by atoms with van der Waals surface area (Å²) in [7, 11) is 0. The predicted molar refractivity (Wildman–Crippen MR) is 64.8 cm³/mol. The van der Waals surface area contributed by atoms with E-state index in [-0.39, 0.29) is 12.2 Å². The Morgan fingerprint density at radius 2 is 2.17 bits per heavy atom. The minimum atomic E-state index is -0.716. The summed E-state index contributed by atoms with van der Waals surface area (Å²) < 4.78 is 17.8. The van der Waals surface area contributed by atoms with E-state index in [1.807, 2.05) is 0 Å². The van der Waals surface area contributed by atoms with Crippen LogP contribution in [0.3, 0.4) is 0 Å². The monoisotopic (exact) mass is 265 g/mol. The highest BCUT2D eigenvalue weighted by Crippen LogP contribution is 2.12. The standard InChI is InChI=1S/C13H9ClFNO2/c14-11-3-1-2-9(6-11)8-18-13(17)10-4-5-16-12(15)7-10/h1-7H,8H2. The van der Waals surface area contributed by atoms with Crippen molar-refractivity contribution in [1.82, 2.24) is 4.98 Å². The number of halogens is 2. The maximum atomic E-state index is 12.8. The van der Waals surface area contributed by atoms with E-state index in [1.54, 1.807) is 24.3 Å². The van der Waals surface area contributed by atoms with Crippen LogP contribution in [-0.2, 0) is 11.3 Å². The van der Waals surface area contributed by atoms with Gasteiger partial charge < -0.3 is 4.74 Å². The molecule has 0 atom stereocenters. The SMILES string of the molecule is O=C(OCc1cccc(Cl)c1)c1ccnc(F)c1. The number of aromatic nitrogens is 1. The highest BCUT2D eigenvalue weighted by atomic mass is 35.5. The van der Waals surface area contributed by atoms with Crippen LogP contribution in [0, 0.1) is 5.95 Å². The second-order valence-corrected chi connectivity index (χ2v) is 4.01. The molecule has 5 heteroatoms. The number of pyridine rings is 1. The van der Waals surface area contributed by atoms with Crippen LogP contribution in [0.5, 0.6) is 0 Å². The van der Waals surface area contributed by atoms with Crippen LogP contribution in [0.2, 0.25) is 5.02 Å². The fraction of sp³-hybridized carbons (Fsp3) is 0.0769. The molecule has 0 aliphatic rings. The summed E-state index contributed by atoms with van der Waals surface area (Å²) in [5, 5.41) is 0.568. The fourth-order valence-electron chi connectivity index (χ4n) is 1.39. The Hall–Kier alpha value is -1.94. The highest BCUT2D eigenvalue weighted by Gasteiger charge is 2.08. The van der Waals surface area contributed by atoms with Gasteiger partial charge in [0.2, 0.25) is 5.95 Å². The molecule has 0 radical (unpaired) electrons. The first-order chi connectivity index (χ1) is 8.65. The third-order valence-electron chi connectivity index (χ3n) is 2.22. The van der Waals surface area contributed by atoms with Gasteiger partial charge in [0, 0.05) is 17.3 Å². The Kier molecular flexibility index (Phi) is 3.89. The van der Waals surface area contributed by atoms with Crippen molar-refractivity contribution in [3.8, 4) is 0 Å². The second-order valence-electron chi connectivity index (χ2n) is 3.57. The zero-order valence-electron chi connectivity index (χ0n) is 9.27. The van der Waals surface area contributed by atoms with Crippen LogP contribution in [-0.4, -0.2) is 11.0 Å². The van der Waals surface area contributed by atoms with Crippen LogP contribution in [0.1, 0.15) is 15.9 Å². The van der Waals surface area contributed by atoms with Crippen molar-refractivity contribution >= 4 is 17.6 Å². The summed E-state index contributed by atoms with van der Waals surface area (Å²) in [6, 6.07) is 9.39. The lowest BCUT2D eigenvalue weighted by molar-refractivity contribution is 0.0472.